The van der Waals surface area contributed by atoms with E-state index in [2.05, 4.69) is 193 Å². The number of thiophene rings is 1. The number of nitrogens with zero attached hydrogens (tertiary/aromatic N) is 1. The van der Waals surface area contributed by atoms with Crippen molar-refractivity contribution < 1.29 is 0 Å². The zero-order chi connectivity index (χ0) is 33.0. The molecule has 9 aromatic carbocycles. The number of hydrogen-bond acceptors (Lipinski definition) is 2. The van der Waals surface area contributed by atoms with Gasteiger partial charge in [-0.3, -0.25) is 0 Å². The van der Waals surface area contributed by atoms with Gasteiger partial charge < -0.3 is 4.90 Å². The molecule has 0 spiro atoms. The first kappa shape index (κ1) is 28.8. The van der Waals surface area contributed by atoms with Crippen LogP contribution in [-0.4, -0.2) is 0 Å². The molecular weight excluding hydrogens is 623 g/mol. The predicted molar refractivity (Wildman–Crippen MR) is 217 cm³/mol. The Morgan fingerprint density at radius 3 is 1.32 bits per heavy atom. The third-order valence-corrected chi connectivity index (χ3v) is 11.2. The number of fused-ring (bicyclic) bond motifs is 9. The molecule has 0 unspecified atom stereocenters. The largest absolute Gasteiger partial charge is 0.310 e. The van der Waals surface area contributed by atoms with Crippen molar-refractivity contribution in [1.29, 1.82) is 0 Å². The highest BCUT2D eigenvalue weighted by Crippen LogP contribution is 2.42. The standard InChI is InChI=1S/C48H31NS/c1-3-13-36(14-4-1)49(37-15-5-2-6-16-37)38-17-11-12-32(28-38)33-22-25-41-42-26-23-34(30-45(42)40-19-8-7-18-39(40)44(41)29-33)35-24-27-48-46(31-35)43-20-9-10-21-47(43)50-48/h1-31H. The van der Waals surface area contributed by atoms with Crippen LogP contribution in [0, 0.1) is 0 Å². The Kier molecular flexibility index (Phi) is 6.75. The maximum atomic E-state index is 2.39. The minimum Gasteiger partial charge on any atom is -0.310 e. The van der Waals surface area contributed by atoms with Gasteiger partial charge >= 0.3 is 0 Å². The van der Waals surface area contributed by atoms with Crippen molar-refractivity contribution in [1.82, 2.24) is 0 Å². The third kappa shape index (κ3) is 4.76. The predicted octanol–water partition coefficient (Wildman–Crippen LogP) is 14.3. The summed E-state index contributed by atoms with van der Waals surface area (Å²) in [6.45, 7) is 0. The van der Waals surface area contributed by atoms with Gasteiger partial charge in [0.05, 0.1) is 0 Å². The molecular formula is C48H31NS. The average Bonchev–Trinajstić information content (AvgIpc) is 3.57. The van der Waals surface area contributed by atoms with Crippen LogP contribution in [0.15, 0.2) is 188 Å². The molecule has 1 nitrogen and oxygen atoms in total. The van der Waals surface area contributed by atoms with Crippen LogP contribution < -0.4 is 4.90 Å². The first-order valence-electron chi connectivity index (χ1n) is 17.1. The monoisotopic (exact) mass is 653 g/mol. The molecule has 0 bridgehead atoms. The van der Waals surface area contributed by atoms with Gasteiger partial charge in [0.1, 0.15) is 0 Å². The average molecular weight is 654 g/mol. The van der Waals surface area contributed by atoms with Crippen LogP contribution in [0.1, 0.15) is 0 Å². The minimum atomic E-state index is 1.13. The third-order valence-electron chi connectivity index (χ3n) is 10.0. The molecule has 0 saturated heterocycles. The zero-order valence-electron chi connectivity index (χ0n) is 27.3. The second kappa shape index (κ2) is 11.7. The Hall–Kier alpha value is -6.22. The molecule has 0 aliphatic heterocycles. The molecule has 0 aliphatic rings. The number of benzene rings is 9. The van der Waals surface area contributed by atoms with Crippen LogP contribution in [0.5, 0.6) is 0 Å². The van der Waals surface area contributed by atoms with E-state index >= 15 is 0 Å². The SMILES string of the molecule is c1ccc(N(c2ccccc2)c2cccc(-c3ccc4c5ccc(-c6ccc7sc8ccccc8c7c6)cc5c5ccccc5c4c3)c2)cc1. The maximum Gasteiger partial charge on any atom is 0.0467 e. The quantitative estimate of drug-likeness (QED) is 0.167. The van der Waals surface area contributed by atoms with Gasteiger partial charge in [-0.1, -0.05) is 121 Å². The Bertz CT molecular complexity index is 2810. The summed E-state index contributed by atoms with van der Waals surface area (Å²) in [5, 5.41) is 10.3. The van der Waals surface area contributed by atoms with E-state index in [0.717, 1.165) is 17.1 Å². The van der Waals surface area contributed by atoms with Crippen molar-refractivity contribution in [3.8, 4) is 22.3 Å². The molecule has 0 fully saturated rings. The number of para-hydroxylation sites is 2. The Labute approximate surface area is 294 Å². The molecule has 0 N–H and O–H groups in total. The van der Waals surface area contributed by atoms with E-state index in [4.69, 9.17) is 0 Å². The molecule has 1 aromatic heterocycles. The minimum absolute atomic E-state index is 1.13. The highest BCUT2D eigenvalue weighted by molar-refractivity contribution is 7.25. The number of anilines is 3. The lowest BCUT2D eigenvalue weighted by Crippen LogP contribution is -2.09. The summed E-state index contributed by atoms with van der Waals surface area (Å²) >= 11 is 1.87. The van der Waals surface area contributed by atoms with Gasteiger partial charge in [0.2, 0.25) is 0 Å². The summed E-state index contributed by atoms with van der Waals surface area (Å²) in [4.78, 5) is 2.32. The van der Waals surface area contributed by atoms with Gasteiger partial charge in [-0.25, -0.2) is 0 Å². The number of rotatable bonds is 5. The molecule has 10 rings (SSSR count). The van der Waals surface area contributed by atoms with Crippen molar-refractivity contribution in [3.63, 3.8) is 0 Å². The van der Waals surface area contributed by atoms with Gasteiger partial charge in [0.25, 0.3) is 0 Å². The van der Waals surface area contributed by atoms with E-state index < -0.39 is 0 Å². The lowest BCUT2D eigenvalue weighted by atomic mass is 9.90. The molecule has 2 heteroatoms. The van der Waals surface area contributed by atoms with E-state index in [-0.39, 0.29) is 0 Å². The van der Waals surface area contributed by atoms with Crippen LogP contribution in [0.2, 0.25) is 0 Å². The molecule has 50 heavy (non-hydrogen) atoms. The second-order valence-electron chi connectivity index (χ2n) is 12.9. The van der Waals surface area contributed by atoms with Crippen LogP contribution in [0.4, 0.5) is 17.1 Å². The Balaban J connectivity index is 1.11. The van der Waals surface area contributed by atoms with E-state index in [0.29, 0.717) is 0 Å². The summed E-state index contributed by atoms with van der Waals surface area (Å²) in [5.74, 6) is 0. The van der Waals surface area contributed by atoms with Gasteiger partial charge in [-0.15, -0.1) is 11.3 Å². The van der Waals surface area contributed by atoms with Gasteiger partial charge in [-0.2, -0.15) is 0 Å². The van der Waals surface area contributed by atoms with E-state index in [1.165, 1.54) is 74.7 Å². The van der Waals surface area contributed by atoms with Crippen molar-refractivity contribution in [3.05, 3.63) is 188 Å². The highest BCUT2D eigenvalue weighted by Gasteiger charge is 2.15. The second-order valence-corrected chi connectivity index (χ2v) is 14.0. The van der Waals surface area contributed by atoms with Crippen molar-refractivity contribution in [2.45, 2.75) is 0 Å². The fourth-order valence-electron chi connectivity index (χ4n) is 7.65. The van der Waals surface area contributed by atoms with E-state index in [9.17, 15) is 0 Å². The number of hydrogen-bond donors (Lipinski definition) is 0. The molecule has 0 saturated carbocycles. The zero-order valence-corrected chi connectivity index (χ0v) is 28.1. The summed E-state index contributed by atoms with van der Waals surface area (Å²) in [7, 11) is 0. The Morgan fingerprint density at radius 1 is 0.260 bits per heavy atom. The van der Waals surface area contributed by atoms with Crippen LogP contribution in [0.3, 0.4) is 0 Å². The van der Waals surface area contributed by atoms with Crippen molar-refractivity contribution in [2.75, 3.05) is 4.90 Å². The normalized spacial score (nSPS) is 11.6. The highest BCUT2D eigenvalue weighted by atomic mass is 32.1. The fraction of sp³-hybridized carbons (Fsp3) is 0. The lowest BCUT2D eigenvalue weighted by molar-refractivity contribution is 1.28. The van der Waals surface area contributed by atoms with Crippen LogP contribution >= 0.6 is 11.3 Å². The van der Waals surface area contributed by atoms with Gasteiger partial charge in [0, 0.05) is 37.2 Å². The first-order chi connectivity index (χ1) is 24.8. The van der Waals surface area contributed by atoms with Gasteiger partial charge in [0.15, 0.2) is 0 Å². The smallest absolute Gasteiger partial charge is 0.0467 e. The molecule has 0 amide bonds. The first-order valence-corrected chi connectivity index (χ1v) is 17.9. The summed E-state index contributed by atoms with van der Waals surface area (Å²) in [6.07, 6.45) is 0. The van der Waals surface area contributed by atoms with Crippen LogP contribution in [0.25, 0.3) is 74.7 Å². The molecule has 1 heterocycles. The summed E-state index contributed by atoms with van der Waals surface area (Å²) in [6, 6.07) is 68.7. The molecule has 234 valence electrons. The van der Waals surface area contributed by atoms with E-state index in [1.54, 1.807) is 0 Å². The topological polar surface area (TPSA) is 3.24 Å². The molecule has 10 aromatic rings. The fourth-order valence-corrected chi connectivity index (χ4v) is 8.73. The van der Waals surface area contributed by atoms with Crippen LogP contribution in [-0.2, 0) is 0 Å². The van der Waals surface area contributed by atoms with Crippen molar-refractivity contribution in [2.24, 2.45) is 0 Å². The lowest BCUT2D eigenvalue weighted by Gasteiger charge is -2.26. The Morgan fingerprint density at radius 2 is 0.700 bits per heavy atom. The molecule has 0 radical (unpaired) electrons. The summed E-state index contributed by atoms with van der Waals surface area (Å²) in [5.41, 5.74) is 8.29. The maximum absolute atomic E-state index is 2.39. The molecule has 0 atom stereocenters. The van der Waals surface area contributed by atoms with E-state index in [1.807, 2.05) is 11.3 Å². The molecule has 0 aliphatic carbocycles. The summed E-state index contributed by atoms with van der Waals surface area (Å²) < 4.78 is 2.67. The van der Waals surface area contributed by atoms with Crippen molar-refractivity contribution >= 4 is 80.9 Å². The van der Waals surface area contributed by atoms with Gasteiger partial charge in [-0.05, 0) is 121 Å².